The van der Waals surface area contributed by atoms with Gasteiger partial charge < -0.3 is 5.32 Å². The van der Waals surface area contributed by atoms with E-state index in [2.05, 4.69) is 20.0 Å². The van der Waals surface area contributed by atoms with Gasteiger partial charge in [-0.25, -0.2) is 13.4 Å². The van der Waals surface area contributed by atoms with Crippen molar-refractivity contribution in [2.75, 3.05) is 10.0 Å². The van der Waals surface area contributed by atoms with Crippen molar-refractivity contribution >= 4 is 50.1 Å². The number of carbonyl (C=O) groups excluding carboxylic acids is 1. The Hall–Kier alpha value is -4.34. The molecule has 0 radical (unpaired) electrons. The quantitative estimate of drug-likeness (QED) is 0.321. The number of aromatic nitrogens is 3. The summed E-state index contributed by atoms with van der Waals surface area (Å²) in [5.74, 6) is -0.0291. The van der Waals surface area contributed by atoms with E-state index in [9.17, 15) is 13.2 Å². The van der Waals surface area contributed by atoms with Gasteiger partial charge in [-0.05, 0) is 65.6 Å². The molecule has 178 valence electrons. The maximum Gasteiger partial charge on any atom is 0.372 e. The van der Waals surface area contributed by atoms with E-state index >= 15 is 0 Å². The van der Waals surface area contributed by atoms with Crippen LogP contribution in [0.25, 0.3) is 16.9 Å². The van der Waals surface area contributed by atoms with Crippen molar-refractivity contribution in [1.29, 1.82) is 0 Å². The molecule has 0 atom stereocenters. The lowest BCUT2D eigenvalue weighted by Crippen LogP contribution is -2.34. The van der Waals surface area contributed by atoms with Gasteiger partial charge in [-0.2, -0.15) is 4.57 Å². The van der Waals surface area contributed by atoms with Crippen LogP contribution >= 0.6 is 11.6 Å². The molecule has 2 N–H and O–H groups in total. The number of benzene rings is 3. The minimum Gasteiger partial charge on any atom is -0.319 e. The van der Waals surface area contributed by atoms with E-state index in [1.54, 1.807) is 89.8 Å². The number of sulfonamides is 1. The normalized spacial score (nSPS) is 11.2. The molecular weight excluding hydrogens is 498 g/mol. The molecule has 36 heavy (non-hydrogen) atoms. The van der Waals surface area contributed by atoms with Crippen LogP contribution in [0.2, 0.25) is 5.02 Å². The maximum atomic E-state index is 13.1. The molecule has 2 heterocycles. The van der Waals surface area contributed by atoms with Crippen molar-refractivity contribution in [3.05, 3.63) is 114 Å². The summed E-state index contributed by atoms with van der Waals surface area (Å²) in [5, 5.41) is 3.36. The van der Waals surface area contributed by atoms with E-state index in [4.69, 9.17) is 11.6 Å². The second-order valence-electron chi connectivity index (χ2n) is 7.76. The zero-order chi connectivity index (χ0) is 25.1. The third-order valence-electron chi connectivity index (χ3n) is 5.25. The van der Waals surface area contributed by atoms with Crippen LogP contribution in [-0.4, -0.2) is 24.3 Å². The molecule has 0 aliphatic carbocycles. The zero-order valence-corrected chi connectivity index (χ0v) is 20.2. The highest BCUT2D eigenvalue weighted by Crippen LogP contribution is 2.21. The molecule has 0 bridgehead atoms. The zero-order valence-electron chi connectivity index (χ0n) is 18.7. The van der Waals surface area contributed by atoms with Crippen molar-refractivity contribution in [2.24, 2.45) is 0 Å². The third kappa shape index (κ3) is 5.02. The fraction of sp³-hybridized carbons (Fsp3) is 0. The molecule has 5 rings (SSSR count). The van der Waals surface area contributed by atoms with Crippen molar-refractivity contribution in [3.63, 3.8) is 0 Å². The first-order valence-corrected chi connectivity index (χ1v) is 12.7. The fourth-order valence-corrected chi connectivity index (χ4v) is 4.66. The van der Waals surface area contributed by atoms with E-state index < -0.39 is 10.0 Å². The van der Waals surface area contributed by atoms with Gasteiger partial charge in [0.2, 0.25) is 11.3 Å². The number of nitrogens with zero attached hydrogens (tertiary/aromatic N) is 3. The summed E-state index contributed by atoms with van der Waals surface area (Å²) in [6.45, 7) is 0. The SMILES string of the molecule is O=C(Nc1ccc[n+](-c2nc3ccccc3nc2NS(=O)(=O)c2ccccc2)c1)c1ccc(Cl)cc1. The van der Waals surface area contributed by atoms with Crippen LogP contribution in [-0.2, 0) is 10.0 Å². The lowest BCUT2D eigenvalue weighted by atomic mass is 10.2. The van der Waals surface area contributed by atoms with Crippen molar-refractivity contribution < 1.29 is 17.8 Å². The Kier molecular flexibility index (Phi) is 6.32. The molecule has 1 amide bonds. The maximum absolute atomic E-state index is 13.1. The van der Waals surface area contributed by atoms with E-state index in [1.165, 1.54) is 12.1 Å². The van der Waals surface area contributed by atoms with Gasteiger partial charge in [-0.3, -0.25) is 9.52 Å². The number of halogens is 1. The molecule has 10 heteroatoms. The Labute approximate surface area is 212 Å². The predicted octanol–water partition coefficient (Wildman–Crippen LogP) is 4.61. The Balaban J connectivity index is 1.54. The van der Waals surface area contributed by atoms with Crippen LogP contribution in [0, 0.1) is 0 Å². The summed E-state index contributed by atoms with van der Waals surface area (Å²) < 4.78 is 30.3. The van der Waals surface area contributed by atoms with Crippen molar-refractivity contribution in [1.82, 2.24) is 9.97 Å². The standard InChI is InChI=1S/C26H18ClN5O3S/c27-19-14-12-18(13-15-19)26(33)28-20-7-6-16-32(17-20)25-24(29-22-10-4-5-11-23(22)30-25)31-36(34,35)21-8-2-1-3-9-21/h1-17H,(H-,28,29,31,33)/p+1. The number of hydrogen-bond acceptors (Lipinski definition) is 5. The highest BCUT2D eigenvalue weighted by molar-refractivity contribution is 7.92. The molecule has 0 saturated heterocycles. The molecule has 0 aliphatic heterocycles. The van der Waals surface area contributed by atoms with Crippen LogP contribution < -0.4 is 14.6 Å². The minimum atomic E-state index is -3.93. The Bertz CT molecular complexity index is 1680. The monoisotopic (exact) mass is 516 g/mol. The highest BCUT2D eigenvalue weighted by Gasteiger charge is 2.25. The van der Waals surface area contributed by atoms with Gasteiger partial charge in [0.25, 0.3) is 15.9 Å². The number of hydrogen-bond donors (Lipinski definition) is 2. The lowest BCUT2D eigenvalue weighted by molar-refractivity contribution is -0.598. The smallest absolute Gasteiger partial charge is 0.319 e. The van der Waals surface area contributed by atoms with Gasteiger partial charge in [0.05, 0.1) is 16.8 Å². The molecule has 8 nitrogen and oxygen atoms in total. The molecule has 0 unspecified atom stereocenters. The van der Waals surface area contributed by atoms with Crippen LogP contribution in [0.4, 0.5) is 11.5 Å². The van der Waals surface area contributed by atoms with Crippen LogP contribution in [0.1, 0.15) is 10.4 Å². The fourth-order valence-electron chi connectivity index (χ4n) is 3.51. The van der Waals surface area contributed by atoms with Crippen molar-refractivity contribution in [2.45, 2.75) is 4.90 Å². The molecule has 2 aromatic heterocycles. The summed E-state index contributed by atoms with van der Waals surface area (Å²) >= 11 is 5.91. The first-order chi connectivity index (χ1) is 17.4. The van der Waals surface area contributed by atoms with E-state index in [-0.39, 0.29) is 22.4 Å². The summed E-state index contributed by atoms with van der Waals surface area (Å²) in [6.07, 6.45) is 3.32. The summed E-state index contributed by atoms with van der Waals surface area (Å²) in [4.78, 5) is 22.0. The highest BCUT2D eigenvalue weighted by atomic mass is 35.5. The molecule has 3 aromatic carbocycles. The third-order valence-corrected chi connectivity index (χ3v) is 6.85. The molecule has 0 saturated carbocycles. The average molecular weight is 517 g/mol. The average Bonchev–Trinajstić information content (AvgIpc) is 2.89. The second-order valence-corrected chi connectivity index (χ2v) is 9.88. The van der Waals surface area contributed by atoms with Gasteiger partial charge in [0.1, 0.15) is 11.7 Å². The van der Waals surface area contributed by atoms with Crippen LogP contribution in [0.3, 0.4) is 0 Å². The first-order valence-electron chi connectivity index (χ1n) is 10.8. The number of anilines is 2. The Morgan fingerprint density at radius 2 is 1.47 bits per heavy atom. The Morgan fingerprint density at radius 1 is 0.806 bits per heavy atom. The lowest BCUT2D eigenvalue weighted by Gasteiger charge is -2.10. The largest absolute Gasteiger partial charge is 0.372 e. The van der Waals surface area contributed by atoms with Crippen LogP contribution in [0.5, 0.6) is 0 Å². The molecule has 0 aliphatic rings. The Morgan fingerprint density at radius 3 is 2.19 bits per heavy atom. The number of pyridine rings is 1. The first kappa shape index (κ1) is 23.4. The second kappa shape index (κ2) is 9.73. The summed E-state index contributed by atoms with van der Waals surface area (Å²) in [5.41, 5.74) is 2.03. The van der Waals surface area contributed by atoms with Crippen molar-refractivity contribution in [3.8, 4) is 5.82 Å². The minimum absolute atomic E-state index is 0.0451. The molecular formula is C26H19ClN5O3S+. The van der Waals surface area contributed by atoms with E-state index in [0.717, 1.165) is 0 Å². The molecule has 5 aromatic rings. The van der Waals surface area contributed by atoms with Gasteiger partial charge in [0.15, 0.2) is 0 Å². The molecule has 0 spiro atoms. The number of rotatable bonds is 6. The van der Waals surface area contributed by atoms with E-state index in [0.29, 0.717) is 27.3 Å². The number of carbonyl (C=O) groups is 1. The number of fused-ring (bicyclic) bond motifs is 1. The topological polar surface area (TPSA) is 105 Å². The van der Waals surface area contributed by atoms with Gasteiger partial charge in [-0.1, -0.05) is 41.9 Å². The number of nitrogens with one attached hydrogen (secondary N) is 2. The predicted molar refractivity (Wildman–Crippen MR) is 138 cm³/mol. The van der Waals surface area contributed by atoms with Crippen LogP contribution in [0.15, 0.2) is 108 Å². The summed E-state index contributed by atoms with van der Waals surface area (Å²) in [6, 6.07) is 25.1. The number of para-hydroxylation sites is 2. The van der Waals surface area contributed by atoms with E-state index in [1.807, 2.05) is 6.07 Å². The van der Waals surface area contributed by atoms with Gasteiger partial charge in [0, 0.05) is 10.6 Å². The van der Waals surface area contributed by atoms with Gasteiger partial charge >= 0.3 is 5.82 Å². The van der Waals surface area contributed by atoms with Gasteiger partial charge in [-0.15, -0.1) is 0 Å². The number of amides is 1. The molecule has 0 fully saturated rings. The summed E-state index contributed by atoms with van der Waals surface area (Å²) in [7, 11) is -3.93.